The van der Waals surface area contributed by atoms with Crippen LogP contribution in [0.25, 0.3) is 6.08 Å². The summed E-state index contributed by atoms with van der Waals surface area (Å²) in [7, 11) is 0. The second-order valence-corrected chi connectivity index (χ2v) is 7.40. The Morgan fingerprint density at radius 1 is 1.19 bits per heavy atom. The van der Waals surface area contributed by atoms with Crippen LogP contribution >= 0.6 is 0 Å². The van der Waals surface area contributed by atoms with Crippen LogP contribution in [0.5, 0.6) is 5.75 Å². The maximum Gasteiger partial charge on any atom is 0.400 e. The lowest BCUT2D eigenvalue weighted by Crippen LogP contribution is -2.41. The van der Waals surface area contributed by atoms with Crippen LogP contribution in [0.1, 0.15) is 70.3 Å². The lowest BCUT2D eigenvalue weighted by molar-refractivity contribution is -0.234. The van der Waals surface area contributed by atoms with Crippen molar-refractivity contribution in [2.24, 2.45) is 11.8 Å². The summed E-state index contributed by atoms with van der Waals surface area (Å²) < 4.78 is 34.8. The fourth-order valence-electron chi connectivity index (χ4n) is 3.88. The smallest absolute Gasteiger partial charge is 0.400 e. The zero-order chi connectivity index (χ0) is 19.7. The van der Waals surface area contributed by atoms with Crippen LogP contribution in [0.4, 0.5) is 8.78 Å². The number of benzene rings is 1. The number of unbranched alkanes of at least 4 members (excludes halogenated alkanes) is 3. The van der Waals surface area contributed by atoms with Crippen molar-refractivity contribution in [3.8, 4) is 5.75 Å². The van der Waals surface area contributed by atoms with Crippen LogP contribution < -0.4 is 4.74 Å². The molecule has 5 heteroatoms. The van der Waals surface area contributed by atoms with Crippen molar-refractivity contribution in [1.29, 1.82) is 0 Å². The first-order chi connectivity index (χ1) is 12.9. The lowest BCUT2D eigenvalue weighted by Gasteiger charge is -2.36. The van der Waals surface area contributed by atoms with Gasteiger partial charge in [-0.1, -0.05) is 57.6 Å². The molecule has 27 heavy (non-hydrogen) atoms. The number of rotatable bonds is 10. The molecule has 1 aromatic carbocycles. The summed E-state index contributed by atoms with van der Waals surface area (Å²) in [6.45, 7) is 2.15. The molecule has 2 unspecified atom stereocenters. The molecule has 2 rings (SSSR count). The molecule has 0 aliphatic heterocycles. The summed E-state index contributed by atoms with van der Waals surface area (Å²) >= 11 is 0. The van der Waals surface area contributed by atoms with Crippen molar-refractivity contribution in [2.45, 2.75) is 70.8 Å². The van der Waals surface area contributed by atoms with Crippen molar-refractivity contribution in [2.75, 3.05) is 0 Å². The second kappa shape index (κ2) is 10.4. The van der Waals surface area contributed by atoms with E-state index < -0.39 is 18.0 Å². The fraction of sp³-hybridized carbons (Fsp3) is 0.591. The van der Waals surface area contributed by atoms with Gasteiger partial charge in [0.15, 0.2) is 0 Å². The summed E-state index contributed by atoms with van der Waals surface area (Å²) in [6, 6.07) is 6.09. The zero-order valence-electron chi connectivity index (χ0n) is 16.0. The molecule has 3 nitrogen and oxygen atoms in total. The zero-order valence-corrected chi connectivity index (χ0v) is 16.0. The molecule has 0 bridgehead atoms. The number of aliphatic carboxylic acids is 1. The van der Waals surface area contributed by atoms with Crippen LogP contribution in [0.3, 0.4) is 0 Å². The van der Waals surface area contributed by atoms with Gasteiger partial charge in [-0.05, 0) is 49.0 Å². The molecule has 0 radical (unpaired) electrons. The van der Waals surface area contributed by atoms with E-state index in [9.17, 15) is 13.6 Å². The van der Waals surface area contributed by atoms with E-state index in [0.717, 1.165) is 57.4 Å². The predicted molar refractivity (Wildman–Crippen MR) is 103 cm³/mol. The van der Waals surface area contributed by atoms with E-state index in [-0.39, 0.29) is 11.7 Å². The van der Waals surface area contributed by atoms with Crippen molar-refractivity contribution in [3.63, 3.8) is 0 Å². The lowest BCUT2D eigenvalue weighted by atomic mass is 9.76. The molecule has 1 aliphatic rings. The number of carbonyl (C=O) groups is 1. The Morgan fingerprint density at radius 2 is 1.89 bits per heavy atom. The Labute approximate surface area is 160 Å². The minimum Gasteiger partial charge on any atom is -0.478 e. The molecular formula is C22H30F2O3. The first-order valence-corrected chi connectivity index (χ1v) is 10.00. The van der Waals surface area contributed by atoms with E-state index >= 15 is 0 Å². The third-order valence-corrected chi connectivity index (χ3v) is 5.32. The van der Waals surface area contributed by atoms with E-state index in [4.69, 9.17) is 9.84 Å². The van der Waals surface area contributed by atoms with Gasteiger partial charge in [-0.2, -0.15) is 8.78 Å². The maximum atomic E-state index is 14.9. The van der Waals surface area contributed by atoms with Crippen LogP contribution in [-0.2, 0) is 4.79 Å². The van der Waals surface area contributed by atoms with Crippen molar-refractivity contribution >= 4 is 12.0 Å². The van der Waals surface area contributed by atoms with Gasteiger partial charge < -0.3 is 9.84 Å². The molecule has 2 atom stereocenters. The molecule has 0 spiro atoms. The van der Waals surface area contributed by atoms with Crippen molar-refractivity contribution < 1.29 is 23.4 Å². The average molecular weight is 380 g/mol. The number of carboxylic acids is 1. The molecular weight excluding hydrogens is 350 g/mol. The normalized spacial score (nSPS) is 20.7. The van der Waals surface area contributed by atoms with Gasteiger partial charge in [0.05, 0.1) is 5.92 Å². The van der Waals surface area contributed by atoms with E-state index in [1.165, 1.54) is 18.2 Å². The van der Waals surface area contributed by atoms with Gasteiger partial charge in [0, 0.05) is 6.08 Å². The number of carboxylic acid groups (broad SMARTS) is 1. The largest absolute Gasteiger partial charge is 0.478 e. The van der Waals surface area contributed by atoms with Gasteiger partial charge in [0.25, 0.3) is 0 Å². The third-order valence-electron chi connectivity index (χ3n) is 5.32. The molecule has 1 N–H and O–H groups in total. The third kappa shape index (κ3) is 6.96. The van der Waals surface area contributed by atoms with Crippen LogP contribution in [0, 0.1) is 11.8 Å². The van der Waals surface area contributed by atoms with E-state index in [1.54, 1.807) is 12.1 Å². The molecule has 1 saturated carbocycles. The Morgan fingerprint density at radius 3 is 2.56 bits per heavy atom. The topological polar surface area (TPSA) is 46.5 Å². The van der Waals surface area contributed by atoms with Crippen molar-refractivity contribution in [3.05, 3.63) is 35.9 Å². The molecule has 1 aromatic rings. The second-order valence-electron chi connectivity index (χ2n) is 7.40. The van der Waals surface area contributed by atoms with E-state index in [0.29, 0.717) is 12.0 Å². The van der Waals surface area contributed by atoms with Gasteiger partial charge in [0.2, 0.25) is 0 Å². The number of ether oxygens (including phenoxy) is 1. The van der Waals surface area contributed by atoms with Gasteiger partial charge in [-0.3, -0.25) is 0 Å². The highest BCUT2D eigenvalue weighted by atomic mass is 19.3. The molecule has 1 fully saturated rings. The molecule has 0 saturated heterocycles. The summed E-state index contributed by atoms with van der Waals surface area (Å²) in [5.74, 6) is -1.66. The molecule has 0 heterocycles. The van der Waals surface area contributed by atoms with Gasteiger partial charge in [0.1, 0.15) is 5.75 Å². The Balaban J connectivity index is 1.98. The Kier molecular flexibility index (Phi) is 8.26. The van der Waals surface area contributed by atoms with Gasteiger partial charge in [-0.25, -0.2) is 4.79 Å². The minimum absolute atomic E-state index is 0.0170. The average Bonchev–Trinajstić information content (AvgIpc) is 2.64. The monoisotopic (exact) mass is 380 g/mol. The first-order valence-electron chi connectivity index (χ1n) is 10.00. The van der Waals surface area contributed by atoms with Gasteiger partial charge >= 0.3 is 12.1 Å². The molecule has 0 amide bonds. The standard InChI is InChI=1S/C22H30F2O3/c1-2-3-4-5-8-18-9-6-7-10-20(18)22(23,24)27-19-14-11-17(12-15-19)13-16-21(25)26/h11-16,18,20H,2-10H2,1H3,(H,25,26). The highest BCUT2D eigenvalue weighted by Gasteiger charge is 2.47. The number of hydrogen-bond donors (Lipinski definition) is 1. The van der Waals surface area contributed by atoms with Crippen LogP contribution in [-0.4, -0.2) is 17.2 Å². The predicted octanol–water partition coefficient (Wildman–Crippen LogP) is 6.53. The Hall–Kier alpha value is -1.91. The molecule has 0 aromatic heterocycles. The number of halogens is 2. The summed E-state index contributed by atoms with van der Waals surface area (Å²) in [5.41, 5.74) is 0.625. The SMILES string of the molecule is CCCCCCC1CCCCC1C(F)(F)Oc1ccc(C=CC(=O)O)cc1. The number of hydrogen-bond acceptors (Lipinski definition) is 2. The van der Waals surface area contributed by atoms with E-state index in [2.05, 4.69) is 6.92 Å². The fourth-order valence-corrected chi connectivity index (χ4v) is 3.88. The summed E-state index contributed by atoms with van der Waals surface area (Å²) in [4.78, 5) is 10.5. The minimum atomic E-state index is -3.19. The van der Waals surface area contributed by atoms with Crippen LogP contribution in [0.2, 0.25) is 0 Å². The molecule has 150 valence electrons. The van der Waals surface area contributed by atoms with E-state index in [1.807, 2.05) is 0 Å². The quantitative estimate of drug-likeness (QED) is 0.371. The molecule has 1 aliphatic carbocycles. The Bertz CT molecular complexity index is 610. The van der Waals surface area contributed by atoms with Crippen LogP contribution in [0.15, 0.2) is 30.3 Å². The highest BCUT2D eigenvalue weighted by Crippen LogP contribution is 2.43. The summed E-state index contributed by atoms with van der Waals surface area (Å²) in [5, 5.41) is 8.63. The maximum absolute atomic E-state index is 14.9. The van der Waals surface area contributed by atoms with Gasteiger partial charge in [-0.15, -0.1) is 0 Å². The summed E-state index contributed by atoms with van der Waals surface area (Å²) in [6.07, 6.45) is 7.72. The number of alkyl halides is 2. The van der Waals surface area contributed by atoms with Crippen molar-refractivity contribution in [1.82, 2.24) is 0 Å². The first kappa shape index (κ1) is 21.4. The highest BCUT2D eigenvalue weighted by molar-refractivity contribution is 5.85.